The van der Waals surface area contributed by atoms with Gasteiger partial charge >= 0.3 is 0 Å². The van der Waals surface area contributed by atoms with Crippen molar-refractivity contribution in [3.8, 4) is 0 Å². The number of sulfonamides is 1. The average Bonchev–Trinajstić information content (AvgIpc) is 3.46. The first-order chi connectivity index (χ1) is 16.2. The maximum Gasteiger partial charge on any atom is 0.266 e. The molecule has 1 aliphatic heterocycles. The number of anilines is 2. The van der Waals surface area contributed by atoms with E-state index in [1.54, 1.807) is 5.38 Å². The van der Waals surface area contributed by atoms with Gasteiger partial charge in [-0.15, -0.1) is 11.3 Å². The predicted molar refractivity (Wildman–Crippen MR) is 132 cm³/mol. The number of benzene rings is 1. The molecular weight excluding hydrogens is 501 g/mol. The third kappa shape index (κ3) is 5.32. The van der Waals surface area contributed by atoms with Crippen LogP contribution in [0.3, 0.4) is 0 Å². The van der Waals surface area contributed by atoms with E-state index in [4.69, 9.17) is 11.6 Å². The maximum atomic E-state index is 14.9. The number of nitrogens with zero attached hydrogens (tertiary/aromatic N) is 3. The molecule has 1 aliphatic carbocycles. The highest BCUT2D eigenvalue weighted by Crippen LogP contribution is 2.33. The van der Waals surface area contributed by atoms with Gasteiger partial charge in [-0.05, 0) is 51.4 Å². The van der Waals surface area contributed by atoms with Crippen LogP contribution in [0.15, 0.2) is 28.6 Å². The highest BCUT2D eigenvalue weighted by molar-refractivity contribution is 7.93. The minimum Gasteiger partial charge on any atom is -0.379 e. The van der Waals surface area contributed by atoms with E-state index in [1.807, 2.05) is 19.0 Å². The number of likely N-dealkylation sites (N-methyl/N-ethyl adjacent to an activating group) is 2. The summed E-state index contributed by atoms with van der Waals surface area (Å²) in [4.78, 5) is 20.4. The molecule has 0 bridgehead atoms. The Balaban J connectivity index is 1.52. The van der Waals surface area contributed by atoms with E-state index in [1.165, 1.54) is 6.20 Å². The molecule has 34 heavy (non-hydrogen) atoms. The molecule has 8 nitrogen and oxygen atoms in total. The van der Waals surface area contributed by atoms with E-state index >= 15 is 0 Å². The molecule has 2 fully saturated rings. The van der Waals surface area contributed by atoms with Gasteiger partial charge in [0.25, 0.3) is 10.0 Å². The predicted octanol–water partition coefficient (Wildman–Crippen LogP) is 4.01. The van der Waals surface area contributed by atoms with Gasteiger partial charge in [0.2, 0.25) is 5.91 Å². The SMILES string of the molecule is CN1CCCC1C(=O)N(C)[C@H]1CCCC[C@@H]1Nc1cc(F)c(S(=O)(=O)Nc2nccs2)cc1Cl. The van der Waals surface area contributed by atoms with E-state index in [0.29, 0.717) is 5.69 Å². The topological polar surface area (TPSA) is 94.6 Å². The summed E-state index contributed by atoms with van der Waals surface area (Å²) in [5.74, 6) is -0.814. The van der Waals surface area contributed by atoms with Gasteiger partial charge in [-0.1, -0.05) is 24.4 Å². The van der Waals surface area contributed by atoms with Crippen LogP contribution in [0, 0.1) is 5.82 Å². The van der Waals surface area contributed by atoms with E-state index in [2.05, 4.69) is 19.9 Å². The fourth-order valence-electron chi connectivity index (χ4n) is 4.85. The van der Waals surface area contributed by atoms with Crippen LogP contribution < -0.4 is 10.0 Å². The Labute approximate surface area is 208 Å². The lowest BCUT2D eigenvalue weighted by atomic mass is 9.88. The monoisotopic (exact) mass is 529 g/mol. The summed E-state index contributed by atoms with van der Waals surface area (Å²) in [6, 6.07) is 1.92. The zero-order chi connectivity index (χ0) is 24.5. The molecule has 1 saturated heterocycles. The number of hydrogen-bond donors (Lipinski definition) is 2. The Morgan fingerprint density at radius 1 is 1.26 bits per heavy atom. The Morgan fingerprint density at radius 3 is 2.71 bits per heavy atom. The Morgan fingerprint density at radius 2 is 2.03 bits per heavy atom. The summed E-state index contributed by atoms with van der Waals surface area (Å²) < 4.78 is 42.5. The number of thiazole rings is 1. The lowest BCUT2D eigenvalue weighted by Gasteiger charge is -2.40. The minimum atomic E-state index is -4.18. The Kier molecular flexibility index (Phi) is 7.66. The first-order valence-electron chi connectivity index (χ1n) is 11.3. The molecule has 2 aromatic rings. The smallest absolute Gasteiger partial charge is 0.266 e. The van der Waals surface area contributed by atoms with Gasteiger partial charge in [0.05, 0.1) is 22.8 Å². The van der Waals surface area contributed by atoms with Crippen LogP contribution in [0.4, 0.5) is 15.2 Å². The molecule has 12 heteroatoms. The van der Waals surface area contributed by atoms with E-state index in [0.717, 1.165) is 68.5 Å². The highest BCUT2D eigenvalue weighted by Gasteiger charge is 2.37. The van der Waals surface area contributed by atoms with Gasteiger partial charge in [-0.2, -0.15) is 0 Å². The molecular formula is C22H29ClFN5O3S2. The standard InChI is InChI=1S/C22H29ClFN5O3S2/c1-28-10-5-8-19(28)21(30)29(2)18-7-4-3-6-16(18)26-17-13-15(24)20(12-14(17)23)34(31,32)27-22-25-9-11-33-22/h9,11-13,16,18-19,26H,3-8,10H2,1-2H3,(H,25,27)/t16-,18-,19?/m0/s1. The van der Waals surface area contributed by atoms with Crippen molar-refractivity contribution in [1.82, 2.24) is 14.8 Å². The third-order valence-electron chi connectivity index (χ3n) is 6.69. The molecule has 2 heterocycles. The van der Waals surface area contributed by atoms with E-state index < -0.39 is 20.7 Å². The molecule has 2 N–H and O–H groups in total. The lowest BCUT2D eigenvalue weighted by Crippen LogP contribution is -2.53. The van der Waals surface area contributed by atoms with Gasteiger partial charge < -0.3 is 10.2 Å². The van der Waals surface area contributed by atoms with Crippen molar-refractivity contribution >= 4 is 49.7 Å². The second-order valence-corrected chi connectivity index (χ2v) is 11.8. The lowest BCUT2D eigenvalue weighted by molar-refractivity contribution is -0.137. The van der Waals surface area contributed by atoms with Gasteiger partial charge in [0.15, 0.2) is 5.13 Å². The third-order valence-corrected chi connectivity index (χ3v) is 9.17. The Bertz CT molecular complexity index is 1130. The number of hydrogen-bond acceptors (Lipinski definition) is 7. The van der Waals surface area contributed by atoms with E-state index in [-0.39, 0.29) is 34.2 Å². The zero-order valence-corrected chi connectivity index (χ0v) is 21.5. The van der Waals surface area contributed by atoms with Crippen LogP contribution >= 0.6 is 22.9 Å². The normalized spacial score (nSPS) is 23.6. The fraction of sp³-hybridized carbons (Fsp3) is 0.545. The average molecular weight is 530 g/mol. The van der Waals surface area contributed by atoms with Crippen LogP contribution in [0.5, 0.6) is 0 Å². The molecule has 1 unspecified atom stereocenters. The number of rotatable bonds is 7. The molecule has 1 aromatic carbocycles. The molecule has 0 spiro atoms. The van der Waals surface area contributed by atoms with Crippen molar-refractivity contribution in [2.45, 2.75) is 61.5 Å². The van der Waals surface area contributed by atoms with Gasteiger partial charge in [0.1, 0.15) is 10.7 Å². The number of nitrogens with one attached hydrogen (secondary N) is 2. The summed E-state index contributed by atoms with van der Waals surface area (Å²) in [7, 11) is -0.375. The number of halogens is 2. The van der Waals surface area contributed by atoms with E-state index in [9.17, 15) is 17.6 Å². The zero-order valence-electron chi connectivity index (χ0n) is 19.1. The van der Waals surface area contributed by atoms with Crippen LogP contribution in [0.2, 0.25) is 5.02 Å². The second kappa shape index (κ2) is 10.3. The molecule has 186 valence electrons. The minimum absolute atomic E-state index is 0.0654. The van der Waals surface area contributed by atoms with Crippen molar-refractivity contribution in [2.75, 3.05) is 30.7 Å². The van der Waals surface area contributed by atoms with Crippen molar-refractivity contribution in [3.63, 3.8) is 0 Å². The maximum absolute atomic E-state index is 14.9. The van der Waals surface area contributed by atoms with Crippen LogP contribution in [0.25, 0.3) is 0 Å². The number of amides is 1. The largest absolute Gasteiger partial charge is 0.379 e. The molecule has 1 amide bonds. The highest BCUT2D eigenvalue weighted by atomic mass is 35.5. The van der Waals surface area contributed by atoms with Crippen molar-refractivity contribution in [3.05, 3.63) is 34.5 Å². The number of likely N-dealkylation sites (tertiary alicyclic amines) is 1. The molecule has 1 aromatic heterocycles. The second-order valence-electron chi connectivity index (χ2n) is 8.90. The number of aromatic nitrogens is 1. The van der Waals surface area contributed by atoms with Gasteiger partial charge in [-0.3, -0.25) is 14.4 Å². The number of carbonyl (C=O) groups is 1. The molecule has 4 rings (SSSR count). The number of carbonyl (C=O) groups excluding carboxylic acids is 1. The first kappa shape index (κ1) is 25.2. The first-order valence-corrected chi connectivity index (χ1v) is 14.1. The van der Waals surface area contributed by atoms with Crippen molar-refractivity contribution < 1.29 is 17.6 Å². The van der Waals surface area contributed by atoms with Gasteiger partial charge in [-0.25, -0.2) is 17.8 Å². The van der Waals surface area contributed by atoms with Crippen LogP contribution in [-0.4, -0.2) is 67.9 Å². The van der Waals surface area contributed by atoms with Crippen molar-refractivity contribution in [1.29, 1.82) is 0 Å². The molecule has 1 saturated carbocycles. The van der Waals surface area contributed by atoms with Crippen LogP contribution in [-0.2, 0) is 14.8 Å². The summed E-state index contributed by atoms with van der Waals surface area (Å²) in [5, 5.41) is 5.14. The summed E-state index contributed by atoms with van der Waals surface area (Å²) in [6.07, 6.45) is 6.92. The molecule has 3 atom stereocenters. The summed E-state index contributed by atoms with van der Waals surface area (Å²) in [5.41, 5.74) is 0.308. The quantitative estimate of drug-likeness (QED) is 0.563. The molecule has 2 aliphatic rings. The van der Waals surface area contributed by atoms with Gasteiger partial charge in [0, 0.05) is 24.7 Å². The summed E-state index contributed by atoms with van der Waals surface area (Å²) >= 11 is 7.49. The van der Waals surface area contributed by atoms with Crippen LogP contribution in [0.1, 0.15) is 38.5 Å². The fourth-order valence-corrected chi connectivity index (χ4v) is 7.01. The summed E-state index contributed by atoms with van der Waals surface area (Å²) in [6.45, 7) is 0.915. The molecule has 0 radical (unpaired) electrons. The van der Waals surface area contributed by atoms with Crippen molar-refractivity contribution in [2.24, 2.45) is 0 Å². The Hall–Kier alpha value is -1.95.